The molecule has 0 saturated carbocycles. The third-order valence-corrected chi connectivity index (χ3v) is 11.7. The first-order chi connectivity index (χ1) is 24.7. The van der Waals surface area contributed by atoms with Crippen molar-refractivity contribution >= 4 is 35.0 Å². The number of fused-ring (bicyclic) bond motifs is 2. The molecule has 4 aliphatic heterocycles. The summed E-state index contributed by atoms with van der Waals surface area (Å²) in [6, 6.07) is 20.3. The van der Waals surface area contributed by atoms with E-state index < -0.39 is 0 Å². The number of carbonyl (C=O) groups excluding carboxylic acids is 2. The summed E-state index contributed by atoms with van der Waals surface area (Å²) in [7, 11) is 3.26. The molecule has 2 N–H and O–H groups in total. The maximum absolute atomic E-state index is 12.2. The molecule has 2 aromatic heterocycles. The van der Waals surface area contributed by atoms with Gasteiger partial charge in [0, 0.05) is 91.0 Å². The lowest BCUT2D eigenvalue weighted by molar-refractivity contribution is -0.122. The van der Waals surface area contributed by atoms with E-state index in [1.54, 1.807) is 14.2 Å². The Morgan fingerprint density at radius 1 is 0.765 bits per heavy atom. The Balaban J connectivity index is 1.04. The van der Waals surface area contributed by atoms with Crippen LogP contribution in [0.5, 0.6) is 11.8 Å². The molecule has 8 rings (SSSR count). The Kier molecular flexibility index (Phi) is 9.12. The molecule has 0 aliphatic carbocycles. The van der Waals surface area contributed by atoms with Crippen LogP contribution >= 0.6 is 23.2 Å². The molecule has 2 amide bonds. The molecule has 51 heavy (non-hydrogen) atoms. The van der Waals surface area contributed by atoms with Crippen LogP contribution in [0.2, 0.25) is 10.0 Å². The fourth-order valence-electron chi connectivity index (χ4n) is 8.31. The number of ether oxygens (including phenoxy) is 2. The van der Waals surface area contributed by atoms with Crippen molar-refractivity contribution in [3.63, 3.8) is 0 Å². The van der Waals surface area contributed by atoms with Gasteiger partial charge >= 0.3 is 0 Å². The zero-order chi connectivity index (χ0) is 35.3. The van der Waals surface area contributed by atoms with Gasteiger partial charge in [0.1, 0.15) is 0 Å². The van der Waals surface area contributed by atoms with Gasteiger partial charge in [0.25, 0.3) is 0 Å². The van der Waals surface area contributed by atoms with E-state index in [0.29, 0.717) is 71.7 Å². The summed E-state index contributed by atoms with van der Waals surface area (Å²) in [5.41, 5.74) is 6.33. The molecule has 2 atom stereocenters. The van der Waals surface area contributed by atoms with Gasteiger partial charge in [-0.25, -0.2) is 9.97 Å². The second-order valence-corrected chi connectivity index (χ2v) is 14.9. The van der Waals surface area contributed by atoms with Gasteiger partial charge in [-0.05, 0) is 31.4 Å². The van der Waals surface area contributed by atoms with E-state index in [2.05, 4.69) is 20.4 Å². The van der Waals surface area contributed by atoms with Crippen LogP contribution in [-0.4, -0.2) is 83.1 Å². The summed E-state index contributed by atoms with van der Waals surface area (Å²) in [6.45, 7) is 3.66. The summed E-state index contributed by atoms with van der Waals surface area (Å²) in [5.74, 6) is 1.35. The van der Waals surface area contributed by atoms with E-state index in [1.165, 1.54) is 0 Å². The molecule has 4 aromatic rings. The number of benzene rings is 2. The molecule has 10 nitrogen and oxygen atoms in total. The number of hydrogen-bond acceptors (Lipinski definition) is 8. The van der Waals surface area contributed by atoms with Crippen molar-refractivity contribution in [3.05, 3.63) is 81.8 Å². The average molecular weight is 728 g/mol. The number of carbonyl (C=O) groups is 2. The largest absolute Gasteiger partial charge is 0.481 e. The molecular weight excluding hydrogens is 687 g/mol. The lowest BCUT2D eigenvalue weighted by Crippen LogP contribution is -2.66. The molecule has 4 fully saturated rings. The fourth-order valence-corrected chi connectivity index (χ4v) is 8.96. The Labute approximate surface area is 307 Å². The van der Waals surface area contributed by atoms with Crippen LogP contribution in [0.1, 0.15) is 43.2 Å². The lowest BCUT2D eigenvalue weighted by atomic mass is 9.88. The van der Waals surface area contributed by atoms with Gasteiger partial charge in [0.2, 0.25) is 23.6 Å². The van der Waals surface area contributed by atoms with Gasteiger partial charge < -0.3 is 20.1 Å². The number of likely N-dealkylation sites (tertiary alicyclic amines) is 1. The van der Waals surface area contributed by atoms with Crippen molar-refractivity contribution in [2.24, 2.45) is 0 Å². The van der Waals surface area contributed by atoms with Crippen LogP contribution in [0, 0.1) is 0 Å². The molecule has 2 unspecified atom stereocenters. The van der Waals surface area contributed by atoms with Crippen molar-refractivity contribution in [1.82, 2.24) is 30.4 Å². The highest BCUT2D eigenvalue weighted by Crippen LogP contribution is 2.43. The van der Waals surface area contributed by atoms with Crippen LogP contribution < -0.4 is 20.1 Å². The van der Waals surface area contributed by atoms with Gasteiger partial charge in [-0.15, -0.1) is 0 Å². The standard InChI is InChI=1S/C39H40Cl2N6O4/c1-50-37-23(19-46-21-39(22-46)16-15-33(48)45-39)9-13-31(43-37)29-7-3-5-27(35(29)40)28-6-4-8-30(36(28)41)32-14-10-24(38(44-32)51-2)20-47-25-11-12-26(47)18-42-34(49)17-25/h3-10,13-14,25-26H,11-12,15-22H2,1-2H3,(H,42,49)(H,45,48). The second kappa shape index (κ2) is 13.7. The Morgan fingerprint density at radius 2 is 1.33 bits per heavy atom. The van der Waals surface area contributed by atoms with E-state index in [9.17, 15) is 9.59 Å². The first kappa shape index (κ1) is 33.9. The lowest BCUT2D eigenvalue weighted by Gasteiger charge is -2.48. The summed E-state index contributed by atoms with van der Waals surface area (Å²) in [4.78, 5) is 38.4. The number of nitrogens with zero attached hydrogens (tertiary/aromatic N) is 4. The highest BCUT2D eigenvalue weighted by Gasteiger charge is 2.47. The Hall–Kier alpha value is -4.22. The minimum Gasteiger partial charge on any atom is -0.481 e. The van der Waals surface area contributed by atoms with Crippen molar-refractivity contribution in [2.75, 3.05) is 33.9 Å². The smallest absolute Gasteiger partial charge is 0.221 e. The maximum atomic E-state index is 12.2. The number of hydrogen-bond donors (Lipinski definition) is 2. The molecule has 12 heteroatoms. The summed E-state index contributed by atoms with van der Waals surface area (Å²) in [5, 5.41) is 7.24. The van der Waals surface area contributed by atoms with Gasteiger partial charge in [-0.3, -0.25) is 19.4 Å². The normalized spacial score (nSPS) is 21.3. The summed E-state index contributed by atoms with van der Waals surface area (Å²) < 4.78 is 11.5. The molecule has 1 spiro atoms. The van der Waals surface area contributed by atoms with Gasteiger partial charge in [-0.1, -0.05) is 71.7 Å². The number of rotatable bonds is 9. The topological polar surface area (TPSA) is 109 Å². The van der Waals surface area contributed by atoms with E-state index >= 15 is 0 Å². The van der Waals surface area contributed by atoms with Gasteiger partial charge in [0.05, 0.1) is 41.2 Å². The molecular formula is C39H40Cl2N6O4. The Morgan fingerprint density at radius 3 is 1.90 bits per heavy atom. The predicted octanol–water partition coefficient (Wildman–Crippen LogP) is 6.12. The second-order valence-electron chi connectivity index (χ2n) is 14.1. The highest BCUT2D eigenvalue weighted by molar-refractivity contribution is 6.39. The number of halogens is 2. The maximum Gasteiger partial charge on any atom is 0.221 e. The van der Waals surface area contributed by atoms with Crippen LogP contribution in [0.25, 0.3) is 33.6 Å². The van der Waals surface area contributed by atoms with Crippen LogP contribution in [0.4, 0.5) is 0 Å². The molecule has 2 bridgehead atoms. The average Bonchev–Trinajstić information content (AvgIpc) is 3.65. The van der Waals surface area contributed by atoms with Crippen LogP contribution in [-0.2, 0) is 22.7 Å². The monoisotopic (exact) mass is 726 g/mol. The minimum atomic E-state index is -0.0797. The third kappa shape index (κ3) is 6.43. The SMILES string of the molecule is COc1nc(-c2cccc(-c3cccc(-c4ccc(CN5C6CCC5CC(=O)NC6)c(OC)n4)c3Cl)c2Cl)ccc1CN1CC2(CCC(=O)N2)C1. The molecule has 4 aliphatic rings. The van der Waals surface area contributed by atoms with E-state index in [1.807, 2.05) is 60.7 Å². The molecule has 4 saturated heterocycles. The highest BCUT2D eigenvalue weighted by atomic mass is 35.5. The van der Waals surface area contributed by atoms with Crippen LogP contribution in [0.3, 0.4) is 0 Å². The third-order valence-electron chi connectivity index (χ3n) is 10.9. The van der Waals surface area contributed by atoms with Gasteiger partial charge in [0.15, 0.2) is 0 Å². The number of methoxy groups -OCH3 is 2. The zero-order valence-electron chi connectivity index (χ0n) is 28.7. The number of nitrogens with one attached hydrogen (secondary N) is 2. The molecule has 264 valence electrons. The first-order valence-corrected chi connectivity index (χ1v) is 18.2. The fraction of sp³-hybridized carbons (Fsp3) is 0.385. The van der Waals surface area contributed by atoms with Crippen molar-refractivity contribution in [1.29, 1.82) is 0 Å². The van der Waals surface area contributed by atoms with Crippen LogP contribution in [0.15, 0.2) is 60.7 Å². The minimum absolute atomic E-state index is 0.0797. The van der Waals surface area contributed by atoms with Gasteiger partial charge in [-0.2, -0.15) is 0 Å². The van der Waals surface area contributed by atoms with Crippen molar-refractivity contribution in [2.45, 2.75) is 62.8 Å². The zero-order valence-corrected chi connectivity index (χ0v) is 30.2. The predicted molar refractivity (Wildman–Crippen MR) is 197 cm³/mol. The number of aromatic nitrogens is 2. The number of amides is 2. The molecule has 0 radical (unpaired) electrons. The quantitative estimate of drug-likeness (QED) is 0.213. The van der Waals surface area contributed by atoms with Crippen molar-refractivity contribution < 1.29 is 19.1 Å². The van der Waals surface area contributed by atoms with E-state index in [4.69, 9.17) is 42.6 Å². The van der Waals surface area contributed by atoms with Crippen molar-refractivity contribution in [3.8, 4) is 45.4 Å². The number of pyridine rings is 2. The van der Waals surface area contributed by atoms with E-state index in [-0.39, 0.29) is 23.4 Å². The summed E-state index contributed by atoms with van der Waals surface area (Å²) in [6.07, 6.45) is 4.11. The summed E-state index contributed by atoms with van der Waals surface area (Å²) >= 11 is 14.3. The Bertz CT molecular complexity index is 2020. The first-order valence-electron chi connectivity index (χ1n) is 17.5. The molecule has 6 heterocycles. The van der Waals surface area contributed by atoms with E-state index in [0.717, 1.165) is 65.7 Å². The molecule has 2 aromatic carbocycles.